The summed E-state index contributed by atoms with van der Waals surface area (Å²) in [6.45, 7) is -1.24. The van der Waals surface area contributed by atoms with Crippen LogP contribution < -0.4 is 15.8 Å². The molecule has 19 heavy (non-hydrogen) atoms. The van der Waals surface area contributed by atoms with Crippen LogP contribution in [0.25, 0.3) is 0 Å². The number of amides is 1. The van der Waals surface area contributed by atoms with Gasteiger partial charge in [0.2, 0.25) is 5.91 Å². The number of alkyl halides is 2. The van der Waals surface area contributed by atoms with E-state index in [1.807, 2.05) is 0 Å². The summed E-state index contributed by atoms with van der Waals surface area (Å²) in [6, 6.07) is 4.59. The average Bonchev–Trinajstić information content (AvgIpc) is 3.02. The molecule has 0 aliphatic heterocycles. The number of hydrogen-bond acceptors (Lipinski definition) is 3. The molecule has 0 unspecified atom stereocenters. The number of halogens is 3. The zero-order valence-electron chi connectivity index (χ0n) is 10.3. The van der Waals surface area contributed by atoms with Gasteiger partial charge in [-0.25, -0.2) is 0 Å². The van der Waals surface area contributed by atoms with Crippen molar-refractivity contribution in [1.29, 1.82) is 0 Å². The minimum absolute atomic E-state index is 0. The van der Waals surface area contributed by atoms with Crippen molar-refractivity contribution in [2.24, 2.45) is 5.73 Å². The van der Waals surface area contributed by atoms with Gasteiger partial charge in [0.15, 0.2) is 0 Å². The molecule has 0 radical (unpaired) electrons. The standard InChI is InChI=1S/C12H14F2N2O2.ClH/c1-7-2-3-8(6-9(7)18-11(13)14)16-10(17)12(15)4-5-12;/h2-3,6,11H,4-5,15H2,1H3,(H,16,17);1H. The van der Waals surface area contributed by atoms with Crippen LogP contribution in [0, 0.1) is 6.92 Å². The number of rotatable bonds is 4. The second kappa shape index (κ2) is 5.71. The highest BCUT2D eigenvalue weighted by Gasteiger charge is 2.45. The lowest BCUT2D eigenvalue weighted by molar-refractivity contribution is -0.118. The quantitative estimate of drug-likeness (QED) is 0.896. The highest BCUT2D eigenvalue weighted by atomic mass is 35.5. The van der Waals surface area contributed by atoms with E-state index < -0.39 is 12.2 Å². The van der Waals surface area contributed by atoms with Gasteiger partial charge in [-0.2, -0.15) is 8.78 Å². The maximum atomic E-state index is 12.2. The number of anilines is 1. The summed E-state index contributed by atoms with van der Waals surface area (Å²) in [5.74, 6) is -0.251. The molecule has 2 rings (SSSR count). The zero-order valence-corrected chi connectivity index (χ0v) is 11.1. The SMILES string of the molecule is Cc1ccc(NC(=O)C2(N)CC2)cc1OC(F)F.Cl. The Morgan fingerprint density at radius 1 is 1.47 bits per heavy atom. The Balaban J connectivity index is 0.00000180. The highest BCUT2D eigenvalue weighted by Crippen LogP contribution is 2.34. The van der Waals surface area contributed by atoms with E-state index >= 15 is 0 Å². The molecule has 1 amide bonds. The fraction of sp³-hybridized carbons (Fsp3) is 0.417. The number of carbonyl (C=O) groups is 1. The summed E-state index contributed by atoms with van der Waals surface area (Å²) < 4.78 is 28.7. The number of benzene rings is 1. The van der Waals surface area contributed by atoms with Crippen LogP contribution in [0.4, 0.5) is 14.5 Å². The summed E-state index contributed by atoms with van der Waals surface area (Å²) in [5.41, 5.74) is 5.90. The summed E-state index contributed by atoms with van der Waals surface area (Å²) in [5, 5.41) is 2.60. The van der Waals surface area contributed by atoms with E-state index in [2.05, 4.69) is 10.1 Å². The largest absolute Gasteiger partial charge is 0.434 e. The molecule has 0 atom stereocenters. The maximum Gasteiger partial charge on any atom is 0.387 e. The Hall–Kier alpha value is -1.40. The molecule has 1 aliphatic carbocycles. The molecule has 1 aromatic carbocycles. The third-order valence-electron chi connectivity index (χ3n) is 2.90. The van der Waals surface area contributed by atoms with Crippen LogP contribution in [0.5, 0.6) is 5.75 Å². The number of nitrogens with one attached hydrogen (secondary N) is 1. The lowest BCUT2D eigenvalue weighted by Crippen LogP contribution is -2.37. The van der Waals surface area contributed by atoms with E-state index in [1.165, 1.54) is 6.07 Å². The Labute approximate surface area is 115 Å². The van der Waals surface area contributed by atoms with Crippen LogP contribution in [0.15, 0.2) is 18.2 Å². The molecule has 0 spiro atoms. The summed E-state index contributed by atoms with van der Waals surface area (Å²) in [6.07, 6.45) is 1.29. The fourth-order valence-corrected chi connectivity index (χ4v) is 1.52. The van der Waals surface area contributed by atoms with Crippen LogP contribution in [0.3, 0.4) is 0 Å². The lowest BCUT2D eigenvalue weighted by atomic mass is 10.2. The molecule has 0 bridgehead atoms. The first-order valence-electron chi connectivity index (χ1n) is 5.56. The van der Waals surface area contributed by atoms with Gasteiger partial charge in [-0.05, 0) is 31.4 Å². The van der Waals surface area contributed by atoms with Crippen molar-refractivity contribution < 1.29 is 18.3 Å². The molecule has 1 saturated carbocycles. The van der Waals surface area contributed by atoms with Crippen LogP contribution >= 0.6 is 12.4 Å². The molecule has 3 N–H and O–H groups in total. The first kappa shape index (κ1) is 15.7. The predicted molar refractivity (Wildman–Crippen MR) is 69.8 cm³/mol. The summed E-state index contributed by atoms with van der Waals surface area (Å²) >= 11 is 0. The van der Waals surface area contributed by atoms with Crippen molar-refractivity contribution >= 4 is 24.0 Å². The van der Waals surface area contributed by atoms with Crippen LogP contribution in [-0.4, -0.2) is 18.1 Å². The Morgan fingerprint density at radius 3 is 2.63 bits per heavy atom. The maximum absolute atomic E-state index is 12.2. The second-order valence-corrected chi connectivity index (χ2v) is 4.47. The smallest absolute Gasteiger partial charge is 0.387 e. The molecule has 0 aromatic heterocycles. The third kappa shape index (κ3) is 3.78. The van der Waals surface area contributed by atoms with E-state index in [-0.39, 0.29) is 24.1 Å². The Kier molecular flexibility index (Phi) is 4.70. The molecular formula is C12H15ClF2N2O2. The van der Waals surface area contributed by atoms with E-state index in [4.69, 9.17) is 5.73 Å². The molecule has 7 heteroatoms. The second-order valence-electron chi connectivity index (χ2n) is 4.47. The van der Waals surface area contributed by atoms with Crippen molar-refractivity contribution in [1.82, 2.24) is 0 Å². The average molecular weight is 293 g/mol. The number of nitrogens with two attached hydrogens (primary N) is 1. The van der Waals surface area contributed by atoms with E-state index in [9.17, 15) is 13.6 Å². The third-order valence-corrected chi connectivity index (χ3v) is 2.90. The number of hydrogen-bond donors (Lipinski definition) is 2. The topological polar surface area (TPSA) is 64.4 Å². The molecule has 1 aliphatic rings. The van der Waals surface area contributed by atoms with Crippen LogP contribution in [-0.2, 0) is 4.79 Å². The van der Waals surface area contributed by atoms with Gasteiger partial charge in [0, 0.05) is 11.8 Å². The Bertz CT molecular complexity index is 479. The fourth-order valence-electron chi connectivity index (χ4n) is 1.52. The van der Waals surface area contributed by atoms with Gasteiger partial charge in [0.1, 0.15) is 5.75 Å². The van der Waals surface area contributed by atoms with Gasteiger partial charge in [-0.1, -0.05) is 6.07 Å². The van der Waals surface area contributed by atoms with Gasteiger partial charge >= 0.3 is 6.61 Å². The molecule has 4 nitrogen and oxygen atoms in total. The minimum atomic E-state index is -2.89. The van der Waals surface area contributed by atoms with E-state index in [0.29, 0.717) is 24.1 Å². The monoisotopic (exact) mass is 292 g/mol. The van der Waals surface area contributed by atoms with Gasteiger partial charge in [-0.3, -0.25) is 4.79 Å². The summed E-state index contributed by atoms with van der Waals surface area (Å²) in [4.78, 5) is 11.7. The van der Waals surface area contributed by atoms with Gasteiger partial charge in [0.25, 0.3) is 0 Å². The van der Waals surface area contributed by atoms with Crippen molar-refractivity contribution in [3.8, 4) is 5.75 Å². The molecule has 1 fully saturated rings. The number of aryl methyl sites for hydroxylation is 1. The van der Waals surface area contributed by atoms with Gasteiger partial charge in [-0.15, -0.1) is 12.4 Å². The predicted octanol–water partition coefficient (Wildman–Crippen LogP) is 2.45. The van der Waals surface area contributed by atoms with Crippen LogP contribution in [0.1, 0.15) is 18.4 Å². The number of ether oxygens (including phenoxy) is 1. The zero-order chi connectivity index (χ0) is 13.3. The van der Waals surface area contributed by atoms with Crippen molar-refractivity contribution in [2.75, 3.05) is 5.32 Å². The van der Waals surface area contributed by atoms with Crippen molar-refractivity contribution in [3.63, 3.8) is 0 Å². The van der Waals surface area contributed by atoms with Gasteiger partial charge in [0.05, 0.1) is 5.54 Å². The first-order chi connectivity index (χ1) is 8.40. The Morgan fingerprint density at radius 2 is 2.11 bits per heavy atom. The van der Waals surface area contributed by atoms with Crippen molar-refractivity contribution in [3.05, 3.63) is 23.8 Å². The van der Waals surface area contributed by atoms with Gasteiger partial charge < -0.3 is 15.8 Å². The minimum Gasteiger partial charge on any atom is -0.434 e. The van der Waals surface area contributed by atoms with E-state index in [1.54, 1.807) is 19.1 Å². The summed E-state index contributed by atoms with van der Waals surface area (Å²) in [7, 11) is 0. The highest BCUT2D eigenvalue weighted by molar-refractivity contribution is 6.00. The van der Waals surface area contributed by atoms with E-state index in [0.717, 1.165) is 0 Å². The lowest BCUT2D eigenvalue weighted by Gasteiger charge is -2.13. The van der Waals surface area contributed by atoms with Crippen molar-refractivity contribution in [2.45, 2.75) is 31.9 Å². The van der Waals surface area contributed by atoms with Crippen LogP contribution in [0.2, 0.25) is 0 Å². The molecule has 0 saturated heterocycles. The molecule has 0 heterocycles. The molecular weight excluding hydrogens is 278 g/mol. The molecule has 1 aromatic rings. The number of carbonyl (C=O) groups excluding carboxylic acids is 1. The molecule has 106 valence electrons. The first-order valence-corrected chi connectivity index (χ1v) is 5.56. The normalized spacial score (nSPS) is 15.6.